The van der Waals surface area contributed by atoms with Crippen LogP contribution < -0.4 is 15.6 Å². The highest BCUT2D eigenvalue weighted by Crippen LogP contribution is 2.46. The molecule has 0 bridgehead atoms. The van der Waals surface area contributed by atoms with E-state index in [0.29, 0.717) is 29.3 Å². The predicted octanol–water partition coefficient (Wildman–Crippen LogP) is 2.74. The van der Waals surface area contributed by atoms with Crippen molar-refractivity contribution in [1.82, 2.24) is 9.88 Å². The number of rotatable bonds is 3. The zero-order valence-electron chi connectivity index (χ0n) is 15.5. The molecule has 8 heteroatoms. The third-order valence-corrected chi connectivity index (χ3v) is 6.24. The maximum Gasteiger partial charge on any atom is 0.344 e. The lowest BCUT2D eigenvalue weighted by atomic mass is 10.1. The van der Waals surface area contributed by atoms with Gasteiger partial charge in [0.2, 0.25) is 5.43 Å². The Labute approximate surface area is 160 Å². The molecular weight excluding hydrogens is 369 g/mol. The number of benzene rings is 1. The van der Waals surface area contributed by atoms with Gasteiger partial charge < -0.3 is 19.5 Å². The minimum Gasteiger partial charge on any atom is -0.462 e. The van der Waals surface area contributed by atoms with E-state index < -0.39 is 17.2 Å². The molecule has 27 heavy (non-hydrogen) atoms. The van der Waals surface area contributed by atoms with Crippen LogP contribution in [0.5, 0.6) is 0 Å². The minimum absolute atomic E-state index is 0.00962. The number of carbonyl (C=O) groups is 1. The topological polar surface area (TPSA) is 63.6 Å². The van der Waals surface area contributed by atoms with Crippen molar-refractivity contribution in [2.24, 2.45) is 0 Å². The Balaban J connectivity index is 1.91. The lowest BCUT2D eigenvalue weighted by molar-refractivity contribution is 0.0518. The van der Waals surface area contributed by atoms with Gasteiger partial charge in [-0.2, -0.15) is 0 Å². The average molecular weight is 391 g/mol. The predicted molar refractivity (Wildman–Crippen MR) is 104 cm³/mol. The fourth-order valence-corrected chi connectivity index (χ4v) is 4.96. The van der Waals surface area contributed by atoms with Crippen LogP contribution in [-0.2, 0) is 4.74 Å². The molecule has 0 radical (unpaired) electrons. The summed E-state index contributed by atoms with van der Waals surface area (Å²) in [6, 6.07) is 3.28. The lowest BCUT2D eigenvalue weighted by Gasteiger charge is -2.36. The molecule has 4 rings (SSSR count). The number of pyridine rings is 1. The van der Waals surface area contributed by atoms with Crippen LogP contribution in [0.4, 0.5) is 10.1 Å². The third-order valence-electron chi connectivity index (χ3n) is 5.06. The first-order valence-electron chi connectivity index (χ1n) is 9.16. The van der Waals surface area contributed by atoms with Gasteiger partial charge in [0.25, 0.3) is 0 Å². The van der Waals surface area contributed by atoms with E-state index in [1.54, 1.807) is 13.0 Å². The van der Waals surface area contributed by atoms with Crippen molar-refractivity contribution in [3.8, 4) is 0 Å². The number of nitrogens with one attached hydrogen (secondary N) is 1. The largest absolute Gasteiger partial charge is 0.462 e. The number of aromatic nitrogens is 1. The molecular formula is C19H22FN3O3S. The van der Waals surface area contributed by atoms with Crippen LogP contribution in [0.25, 0.3) is 10.9 Å². The maximum absolute atomic E-state index is 14.9. The Hall–Kier alpha value is -2.06. The molecule has 1 N–H and O–H groups in total. The van der Waals surface area contributed by atoms with E-state index in [9.17, 15) is 14.0 Å². The van der Waals surface area contributed by atoms with Gasteiger partial charge in [-0.25, -0.2) is 9.18 Å². The quantitative estimate of drug-likeness (QED) is 0.812. The highest BCUT2D eigenvalue weighted by molar-refractivity contribution is 8.00. The van der Waals surface area contributed by atoms with Crippen LogP contribution in [0.3, 0.4) is 0 Å². The summed E-state index contributed by atoms with van der Waals surface area (Å²) in [4.78, 5) is 27.2. The molecule has 3 heterocycles. The lowest BCUT2D eigenvalue weighted by Crippen LogP contribution is -2.49. The molecule has 2 unspecified atom stereocenters. The number of anilines is 1. The van der Waals surface area contributed by atoms with E-state index in [4.69, 9.17) is 4.74 Å². The normalized spacial score (nSPS) is 21.7. The number of ether oxygens (including phenoxy) is 1. The number of carbonyl (C=O) groups excluding carboxylic acids is 1. The maximum atomic E-state index is 14.9. The Morgan fingerprint density at radius 3 is 2.85 bits per heavy atom. The van der Waals surface area contributed by atoms with Crippen molar-refractivity contribution < 1.29 is 13.9 Å². The molecule has 0 amide bonds. The highest BCUT2D eigenvalue weighted by Gasteiger charge is 2.34. The van der Waals surface area contributed by atoms with E-state index in [1.807, 2.05) is 16.4 Å². The van der Waals surface area contributed by atoms with Gasteiger partial charge in [0.15, 0.2) is 0 Å². The van der Waals surface area contributed by atoms with E-state index in [2.05, 4.69) is 12.2 Å². The summed E-state index contributed by atoms with van der Waals surface area (Å²) in [5.74, 6) is -1.09. The molecule has 144 valence electrons. The number of hydrogen-bond acceptors (Lipinski definition) is 6. The number of thioether (sulfide) groups is 1. The summed E-state index contributed by atoms with van der Waals surface area (Å²) in [5, 5.41) is 4.23. The van der Waals surface area contributed by atoms with Crippen LogP contribution in [-0.4, -0.2) is 42.8 Å². The number of nitrogens with zero attached hydrogens (tertiary/aromatic N) is 2. The van der Waals surface area contributed by atoms with Crippen molar-refractivity contribution in [1.29, 1.82) is 0 Å². The number of esters is 1. The monoisotopic (exact) mass is 391 g/mol. The second-order valence-corrected chi connectivity index (χ2v) is 8.24. The third kappa shape index (κ3) is 2.91. The van der Waals surface area contributed by atoms with E-state index >= 15 is 0 Å². The van der Waals surface area contributed by atoms with Crippen LogP contribution >= 0.6 is 11.8 Å². The summed E-state index contributed by atoms with van der Waals surface area (Å²) < 4.78 is 21.9. The molecule has 1 fully saturated rings. The van der Waals surface area contributed by atoms with Gasteiger partial charge in [0.1, 0.15) is 11.4 Å². The van der Waals surface area contributed by atoms with Crippen LogP contribution in [0, 0.1) is 5.82 Å². The number of halogens is 1. The zero-order valence-corrected chi connectivity index (χ0v) is 16.4. The van der Waals surface area contributed by atoms with Gasteiger partial charge in [-0.05, 0) is 32.9 Å². The van der Waals surface area contributed by atoms with Crippen LogP contribution in [0.15, 0.2) is 22.0 Å². The molecule has 2 aliphatic rings. The zero-order chi connectivity index (χ0) is 19.3. The number of piperazine rings is 1. The summed E-state index contributed by atoms with van der Waals surface area (Å²) >= 11 is 1.45. The van der Waals surface area contributed by atoms with Gasteiger partial charge in [-0.1, -0.05) is 11.8 Å². The first-order valence-corrected chi connectivity index (χ1v) is 10.0. The smallest absolute Gasteiger partial charge is 0.344 e. The molecule has 6 nitrogen and oxygen atoms in total. The summed E-state index contributed by atoms with van der Waals surface area (Å²) in [6.45, 7) is 8.12. The van der Waals surface area contributed by atoms with Crippen LogP contribution in [0.2, 0.25) is 0 Å². The van der Waals surface area contributed by atoms with Crippen molar-refractivity contribution in [2.45, 2.75) is 37.2 Å². The molecule has 0 spiro atoms. The second kappa shape index (κ2) is 6.83. The van der Waals surface area contributed by atoms with Gasteiger partial charge in [-0.3, -0.25) is 4.79 Å². The molecule has 2 atom stereocenters. The molecule has 1 aromatic heterocycles. The summed E-state index contributed by atoms with van der Waals surface area (Å²) in [7, 11) is 0. The van der Waals surface area contributed by atoms with Gasteiger partial charge >= 0.3 is 5.97 Å². The van der Waals surface area contributed by atoms with Gasteiger partial charge in [0.05, 0.1) is 28.2 Å². The SMILES string of the molecule is CCOC(=O)c1c2n(c3cc(N4CCNC(C)C4)c(F)cc3c1=O)C(C)S2. The Morgan fingerprint density at radius 1 is 1.41 bits per heavy atom. The van der Waals surface area contributed by atoms with Crippen molar-refractivity contribution in [2.75, 3.05) is 31.1 Å². The van der Waals surface area contributed by atoms with Crippen molar-refractivity contribution in [3.63, 3.8) is 0 Å². The highest BCUT2D eigenvalue weighted by atomic mass is 32.2. The van der Waals surface area contributed by atoms with E-state index in [0.717, 1.165) is 6.54 Å². The standard InChI is InChI=1S/C19H22FN3O3S/c1-4-26-19(25)16-17(24)12-7-13(20)15(22-6-5-21-10(2)9-22)8-14(12)23-11(3)27-18(16)23/h7-8,10-11,21H,4-6,9H2,1-3H3. The fraction of sp³-hybridized carbons (Fsp3) is 0.474. The van der Waals surface area contributed by atoms with Gasteiger partial charge in [-0.15, -0.1) is 0 Å². The Kier molecular flexibility index (Phi) is 4.63. The number of fused-ring (bicyclic) bond motifs is 3. The Morgan fingerprint density at radius 2 is 2.19 bits per heavy atom. The minimum atomic E-state index is -0.645. The van der Waals surface area contributed by atoms with E-state index in [-0.39, 0.29) is 29.0 Å². The van der Waals surface area contributed by atoms with Crippen LogP contribution in [0.1, 0.15) is 36.5 Å². The molecule has 2 aromatic rings. The first-order chi connectivity index (χ1) is 12.9. The Bertz CT molecular complexity index is 991. The summed E-state index contributed by atoms with van der Waals surface area (Å²) in [6.07, 6.45) is 0. The van der Waals surface area contributed by atoms with Gasteiger partial charge in [0, 0.05) is 31.1 Å². The molecule has 1 aromatic carbocycles. The van der Waals surface area contributed by atoms with Crippen molar-refractivity contribution in [3.05, 3.63) is 33.7 Å². The fourth-order valence-electron chi connectivity index (χ4n) is 3.81. The molecule has 2 aliphatic heterocycles. The molecule has 1 saturated heterocycles. The number of hydrogen-bond donors (Lipinski definition) is 1. The van der Waals surface area contributed by atoms with Crippen molar-refractivity contribution >= 4 is 34.3 Å². The first kappa shape index (κ1) is 18.3. The summed E-state index contributed by atoms with van der Waals surface area (Å²) in [5.41, 5.74) is 0.707. The average Bonchev–Trinajstić information content (AvgIpc) is 2.61. The molecule has 0 aliphatic carbocycles. The second-order valence-electron chi connectivity index (χ2n) is 6.94. The van der Waals surface area contributed by atoms with E-state index in [1.165, 1.54) is 17.8 Å². The molecule has 0 saturated carbocycles.